The predicted octanol–water partition coefficient (Wildman–Crippen LogP) is 1.94. The monoisotopic (exact) mass is 295 g/mol. The van der Waals surface area contributed by atoms with Gasteiger partial charge < -0.3 is 5.73 Å². The molecule has 0 unspecified atom stereocenters. The highest BCUT2D eigenvalue weighted by atomic mass is 32.2. The van der Waals surface area contributed by atoms with Crippen molar-refractivity contribution in [3.63, 3.8) is 0 Å². The number of rotatable bonds is 3. The average molecular weight is 295 g/mol. The minimum atomic E-state index is -3.80. The second-order valence-electron chi connectivity index (χ2n) is 4.32. The largest absolute Gasteiger partial charge is 0.396 e. The molecule has 0 radical (unpaired) electrons. The van der Waals surface area contributed by atoms with E-state index in [9.17, 15) is 12.8 Å². The van der Waals surface area contributed by atoms with Crippen LogP contribution in [0.25, 0.3) is 0 Å². The van der Waals surface area contributed by atoms with Gasteiger partial charge in [-0.25, -0.2) is 12.8 Å². The molecule has 0 fully saturated rings. The second-order valence-corrected chi connectivity index (χ2v) is 6.25. The van der Waals surface area contributed by atoms with E-state index in [-0.39, 0.29) is 10.6 Å². The van der Waals surface area contributed by atoms with Gasteiger partial charge in [-0.3, -0.25) is 9.29 Å². The molecule has 106 valence electrons. The standard InChI is InChI=1S/C13H14FN3O2S/c1-9-7-10(14)3-4-13(9)20(18,19)17(2)12-5-6-16-8-11(12)15/h3-8H,15H2,1-2H3. The Morgan fingerprint density at radius 2 is 2.00 bits per heavy atom. The van der Waals surface area contributed by atoms with E-state index in [4.69, 9.17) is 5.73 Å². The highest BCUT2D eigenvalue weighted by molar-refractivity contribution is 7.92. The van der Waals surface area contributed by atoms with Crippen LogP contribution in [0.2, 0.25) is 0 Å². The molecule has 2 aromatic rings. The lowest BCUT2D eigenvalue weighted by Gasteiger charge is -2.21. The summed E-state index contributed by atoms with van der Waals surface area (Å²) in [7, 11) is -2.41. The summed E-state index contributed by atoms with van der Waals surface area (Å²) in [5.41, 5.74) is 6.64. The smallest absolute Gasteiger partial charge is 0.264 e. The zero-order chi connectivity index (χ0) is 14.9. The zero-order valence-corrected chi connectivity index (χ0v) is 11.9. The molecular formula is C13H14FN3O2S. The molecular weight excluding hydrogens is 281 g/mol. The summed E-state index contributed by atoms with van der Waals surface area (Å²) in [6.45, 7) is 1.54. The average Bonchev–Trinajstić information content (AvgIpc) is 2.38. The van der Waals surface area contributed by atoms with E-state index >= 15 is 0 Å². The van der Waals surface area contributed by atoms with Crippen molar-refractivity contribution in [3.8, 4) is 0 Å². The third-order valence-electron chi connectivity index (χ3n) is 2.94. The summed E-state index contributed by atoms with van der Waals surface area (Å²) < 4.78 is 39.2. The number of sulfonamides is 1. The van der Waals surface area contributed by atoms with Gasteiger partial charge in [-0.2, -0.15) is 0 Å². The molecule has 1 aromatic heterocycles. The number of halogens is 1. The topological polar surface area (TPSA) is 76.3 Å². The molecule has 0 saturated carbocycles. The third kappa shape index (κ3) is 2.44. The Kier molecular flexibility index (Phi) is 3.63. The number of hydrogen-bond acceptors (Lipinski definition) is 4. The van der Waals surface area contributed by atoms with Crippen LogP contribution in [0.3, 0.4) is 0 Å². The first kappa shape index (κ1) is 14.3. The maximum atomic E-state index is 13.1. The van der Waals surface area contributed by atoms with E-state index in [1.165, 1.54) is 37.6 Å². The van der Waals surface area contributed by atoms with Gasteiger partial charge in [0, 0.05) is 13.2 Å². The Hall–Kier alpha value is -2.15. The van der Waals surface area contributed by atoms with E-state index in [0.717, 1.165) is 10.4 Å². The first-order valence-corrected chi connectivity index (χ1v) is 7.22. The van der Waals surface area contributed by atoms with E-state index in [2.05, 4.69) is 4.98 Å². The SMILES string of the molecule is Cc1cc(F)ccc1S(=O)(=O)N(C)c1ccncc1N. The van der Waals surface area contributed by atoms with Crippen LogP contribution in [0.1, 0.15) is 5.56 Å². The summed E-state index contributed by atoms with van der Waals surface area (Å²) in [6.07, 6.45) is 2.83. The van der Waals surface area contributed by atoms with Crippen molar-refractivity contribution in [1.29, 1.82) is 0 Å². The first-order chi connectivity index (χ1) is 9.34. The number of nitrogens with two attached hydrogens (primary N) is 1. The van der Waals surface area contributed by atoms with Crippen LogP contribution in [0.15, 0.2) is 41.6 Å². The van der Waals surface area contributed by atoms with Crippen LogP contribution >= 0.6 is 0 Å². The van der Waals surface area contributed by atoms with Gasteiger partial charge in [-0.15, -0.1) is 0 Å². The van der Waals surface area contributed by atoms with Crippen LogP contribution in [0, 0.1) is 12.7 Å². The van der Waals surface area contributed by atoms with Gasteiger partial charge in [0.1, 0.15) is 5.82 Å². The molecule has 0 bridgehead atoms. The fraction of sp³-hybridized carbons (Fsp3) is 0.154. The summed E-state index contributed by atoms with van der Waals surface area (Å²) in [6, 6.07) is 5.04. The molecule has 1 heterocycles. The lowest BCUT2D eigenvalue weighted by atomic mass is 10.2. The van der Waals surface area contributed by atoms with Gasteiger partial charge in [-0.1, -0.05) is 0 Å². The summed E-state index contributed by atoms with van der Waals surface area (Å²) >= 11 is 0. The molecule has 0 spiro atoms. The Balaban J connectivity index is 2.53. The number of anilines is 2. The summed E-state index contributed by atoms with van der Waals surface area (Å²) in [5.74, 6) is -0.479. The second kappa shape index (κ2) is 5.09. The Morgan fingerprint density at radius 1 is 1.30 bits per heavy atom. The highest BCUT2D eigenvalue weighted by Crippen LogP contribution is 2.27. The summed E-state index contributed by atoms with van der Waals surface area (Å²) in [4.78, 5) is 3.85. The molecule has 0 saturated heterocycles. The van der Waals surface area contributed by atoms with Crippen LogP contribution in [-0.2, 0) is 10.0 Å². The highest BCUT2D eigenvalue weighted by Gasteiger charge is 2.24. The van der Waals surface area contributed by atoms with E-state index in [0.29, 0.717) is 11.3 Å². The van der Waals surface area contributed by atoms with E-state index in [1.807, 2.05) is 0 Å². The van der Waals surface area contributed by atoms with Crippen LogP contribution < -0.4 is 10.0 Å². The molecule has 1 aromatic carbocycles. The van der Waals surface area contributed by atoms with E-state index < -0.39 is 15.8 Å². The molecule has 5 nitrogen and oxygen atoms in total. The van der Waals surface area contributed by atoms with Crippen molar-refractivity contribution in [1.82, 2.24) is 4.98 Å². The number of benzene rings is 1. The van der Waals surface area contributed by atoms with Crippen LogP contribution in [0.4, 0.5) is 15.8 Å². The lowest BCUT2D eigenvalue weighted by Crippen LogP contribution is -2.28. The predicted molar refractivity (Wildman–Crippen MR) is 75.4 cm³/mol. The number of aryl methyl sites for hydroxylation is 1. The summed E-state index contributed by atoms with van der Waals surface area (Å²) in [5, 5.41) is 0. The van der Waals surface area contributed by atoms with Gasteiger partial charge in [0.25, 0.3) is 10.0 Å². The van der Waals surface area contributed by atoms with Crippen LogP contribution in [-0.4, -0.2) is 20.4 Å². The molecule has 20 heavy (non-hydrogen) atoms. The normalized spacial score (nSPS) is 11.3. The molecule has 2 N–H and O–H groups in total. The fourth-order valence-corrected chi connectivity index (χ4v) is 3.29. The van der Waals surface area contributed by atoms with Crippen molar-refractivity contribution in [2.45, 2.75) is 11.8 Å². The maximum absolute atomic E-state index is 13.1. The van der Waals surface area contributed by atoms with Crippen molar-refractivity contribution in [2.24, 2.45) is 0 Å². The Labute approximate surface area is 116 Å². The first-order valence-electron chi connectivity index (χ1n) is 5.78. The van der Waals surface area contributed by atoms with Gasteiger partial charge in [-0.05, 0) is 36.8 Å². The zero-order valence-electron chi connectivity index (χ0n) is 11.0. The minimum absolute atomic E-state index is 0.0395. The molecule has 0 amide bonds. The Morgan fingerprint density at radius 3 is 2.60 bits per heavy atom. The number of hydrogen-bond donors (Lipinski definition) is 1. The van der Waals surface area contributed by atoms with Crippen molar-refractivity contribution in [2.75, 3.05) is 17.1 Å². The van der Waals surface area contributed by atoms with Gasteiger partial charge in [0.15, 0.2) is 0 Å². The number of aromatic nitrogens is 1. The maximum Gasteiger partial charge on any atom is 0.264 e. The van der Waals surface area contributed by atoms with E-state index in [1.54, 1.807) is 6.92 Å². The molecule has 0 atom stereocenters. The number of nitrogens with zero attached hydrogens (tertiary/aromatic N) is 2. The van der Waals surface area contributed by atoms with Crippen molar-refractivity contribution in [3.05, 3.63) is 48.0 Å². The number of pyridine rings is 1. The molecule has 0 aliphatic carbocycles. The molecule has 0 aliphatic heterocycles. The van der Waals surface area contributed by atoms with Crippen LogP contribution in [0.5, 0.6) is 0 Å². The van der Waals surface area contributed by atoms with Gasteiger partial charge >= 0.3 is 0 Å². The third-order valence-corrected chi connectivity index (χ3v) is 4.87. The minimum Gasteiger partial charge on any atom is -0.396 e. The fourth-order valence-electron chi connectivity index (χ4n) is 1.87. The number of nitrogen functional groups attached to an aromatic ring is 1. The molecule has 2 rings (SSSR count). The molecule has 7 heteroatoms. The van der Waals surface area contributed by atoms with Crippen molar-refractivity contribution < 1.29 is 12.8 Å². The lowest BCUT2D eigenvalue weighted by molar-refractivity contribution is 0.592. The Bertz CT molecular complexity index is 747. The van der Waals surface area contributed by atoms with Gasteiger partial charge in [0.05, 0.1) is 22.5 Å². The van der Waals surface area contributed by atoms with Crippen molar-refractivity contribution >= 4 is 21.4 Å². The quantitative estimate of drug-likeness (QED) is 0.938. The van der Waals surface area contributed by atoms with Gasteiger partial charge in [0.2, 0.25) is 0 Å². The molecule has 0 aliphatic rings.